The summed E-state index contributed by atoms with van der Waals surface area (Å²) in [6.45, 7) is 15.4. The quantitative estimate of drug-likeness (QED) is 0.443. The first-order chi connectivity index (χ1) is 7.91. The van der Waals surface area contributed by atoms with Gasteiger partial charge in [-0.05, 0) is 39.3 Å². The molecular formula is C17H22. The van der Waals surface area contributed by atoms with Crippen molar-refractivity contribution in [2.45, 2.75) is 27.7 Å². The van der Waals surface area contributed by atoms with Crippen molar-refractivity contribution < 1.29 is 0 Å². The molecule has 0 aromatic heterocycles. The fraction of sp³-hybridized carbons (Fsp3) is 0.235. The predicted molar refractivity (Wildman–Crippen MR) is 78.9 cm³/mol. The molecule has 0 heteroatoms. The maximum atomic E-state index is 3.70. The van der Waals surface area contributed by atoms with E-state index in [2.05, 4.69) is 38.0 Å². The zero-order chi connectivity index (χ0) is 13.3. The molecule has 0 spiro atoms. The Balaban J connectivity index is 0.000000304. The van der Waals surface area contributed by atoms with Crippen LogP contribution >= 0.6 is 0 Å². The lowest BCUT2D eigenvalue weighted by Crippen LogP contribution is -1.63. The fourth-order valence-electron chi connectivity index (χ4n) is 0.949. The highest BCUT2D eigenvalue weighted by molar-refractivity contribution is 5.31. The lowest BCUT2D eigenvalue weighted by atomic mass is 10.2. The summed E-state index contributed by atoms with van der Waals surface area (Å²) < 4.78 is 0. The molecule has 0 nitrogen and oxygen atoms in total. The molecule has 0 aromatic rings. The van der Waals surface area contributed by atoms with Gasteiger partial charge in [-0.1, -0.05) is 60.3 Å². The summed E-state index contributed by atoms with van der Waals surface area (Å²) >= 11 is 0. The van der Waals surface area contributed by atoms with Crippen molar-refractivity contribution in [1.29, 1.82) is 0 Å². The smallest absolute Gasteiger partial charge is 0.00913 e. The van der Waals surface area contributed by atoms with Crippen LogP contribution in [0.1, 0.15) is 27.7 Å². The van der Waals surface area contributed by atoms with Gasteiger partial charge >= 0.3 is 0 Å². The SMILES string of the molecule is C=C(C)/C=C\C(=C)C.CC1=C=CC=C(C)C=C1. The van der Waals surface area contributed by atoms with Crippen molar-refractivity contribution >= 4 is 0 Å². The van der Waals surface area contributed by atoms with E-state index < -0.39 is 0 Å². The normalized spacial score (nSPS) is 13.4. The van der Waals surface area contributed by atoms with Gasteiger partial charge in [0.1, 0.15) is 0 Å². The van der Waals surface area contributed by atoms with Crippen LogP contribution in [0.3, 0.4) is 0 Å². The third-order valence-electron chi connectivity index (χ3n) is 1.91. The Morgan fingerprint density at radius 1 is 1.06 bits per heavy atom. The second-order valence-electron chi connectivity index (χ2n) is 4.26. The largest absolute Gasteiger partial charge is 0.118 e. The van der Waals surface area contributed by atoms with E-state index in [-0.39, 0.29) is 0 Å². The molecule has 1 aliphatic rings. The van der Waals surface area contributed by atoms with Crippen LogP contribution in [-0.2, 0) is 0 Å². The second-order valence-corrected chi connectivity index (χ2v) is 4.26. The van der Waals surface area contributed by atoms with Crippen LogP contribution in [0.4, 0.5) is 0 Å². The summed E-state index contributed by atoms with van der Waals surface area (Å²) in [5, 5.41) is 0. The molecule has 0 saturated carbocycles. The summed E-state index contributed by atoms with van der Waals surface area (Å²) in [4.78, 5) is 0. The molecule has 0 bridgehead atoms. The van der Waals surface area contributed by atoms with Crippen LogP contribution in [0.15, 0.2) is 77.6 Å². The molecule has 0 amide bonds. The monoisotopic (exact) mass is 226 g/mol. The van der Waals surface area contributed by atoms with E-state index in [0.717, 1.165) is 11.1 Å². The van der Waals surface area contributed by atoms with Gasteiger partial charge in [0.2, 0.25) is 0 Å². The Morgan fingerprint density at radius 2 is 1.59 bits per heavy atom. The van der Waals surface area contributed by atoms with E-state index >= 15 is 0 Å². The molecule has 90 valence electrons. The van der Waals surface area contributed by atoms with Gasteiger partial charge in [-0.25, -0.2) is 0 Å². The molecule has 0 aromatic carbocycles. The second kappa shape index (κ2) is 8.38. The van der Waals surface area contributed by atoms with Crippen molar-refractivity contribution in [3.63, 3.8) is 0 Å². The molecule has 0 unspecified atom stereocenters. The zero-order valence-electron chi connectivity index (χ0n) is 11.4. The van der Waals surface area contributed by atoms with Gasteiger partial charge in [0.25, 0.3) is 0 Å². The summed E-state index contributed by atoms with van der Waals surface area (Å²) in [5.74, 6) is 0. The molecule has 0 saturated heterocycles. The van der Waals surface area contributed by atoms with E-state index in [4.69, 9.17) is 0 Å². The average Bonchev–Trinajstić information content (AvgIpc) is 2.42. The topological polar surface area (TPSA) is 0 Å². The molecule has 17 heavy (non-hydrogen) atoms. The van der Waals surface area contributed by atoms with Crippen molar-refractivity contribution in [3.05, 3.63) is 77.6 Å². The summed E-state index contributed by atoms with van der Waals surface area (Å²) in [7, 11) is 0. The van der Waals surface area contributed by atoms with Crippen LogP contribution in [0.5, 0.6) is 0 Å². The molecule has 1 rings (SSSR count). The highest BCUT2D eigenvalue weighted by Crippen LogP contribution is 2.03. The molecule has 0 fully saturated rings. The van der Waals surface area contributed by atoms with E-state index in [9.17, 15) is 0 Å². The summed E-state index contributed by atoms with van der Waals surface area (Å²) in [6.07, 6.45) is 12.0. The van der Waals surface area contributed by atoms with Gasteiger partial charge in [0.05, 0.1) is 0 Å². The van der Waals surface area contributed by atoms with Gasteiger partial charge < -0.3 is 0 Å². The molecule has 0 N–H and O–H groups in total. The van der Waals surface area contributed by atoms with Crippen molar-refractivity contribution in [3.8, 4) is 0 Å². The molecule has 0 aliphatic heterocycles. The first-order valence-electron chi connectivity index (χ1n) is 5.69. The number of hydrogen-bond acceptors (Lipinski definition) is 0. The molecule has 0 radical (unpaired) electrons. The van der Waals surface area contributed by atoms with Gasteiger partial charge in [0, 0.05) is 0 Å². The van der Waals surface area contributed by atoms with E-state index in [1.54, 1.807) is 0 Å². The zero-order valence-corrected chi connectivity index (χ0v) is 11.4. The Morgan fingerprint density at radius 3 is 2.06 bits per heavy atom. The van der Waals surface area contributed by atoms with Crippen LogP contribution in [0.25, 0.3) is 0 Å². The van der Waals surface area contributed by atoms with Gasteiger partial charge in [0.15, 0.2) is 0 Å². The van der Waals surface area contributed by atoms with Crippen LogP contribution in [0.2, 0.25) is 0 Å². The first-order valence-corrected chi connectivity index (χ1v) is 5.69. The van der Waals surface area contributed by atoms with E-state index in [1.807, 2.05) is 45.1 Å². The highest BCUT2D eigenvalue weighted by Gasteiger charge is 1.83. The summed E-state index contributed by atoms with van der Waals surface area (Å²) in [5.41, 5.74) is 7.69. The highest BCUT2D eigenvalue weighted by atomic mass is 13.9. The lowest BCUT2D eigenvalue weighted by molar-refractivity contribution is 1.50. The van der Waals surface area contributed by atoms with Gasteiger partial charge in [-0.3, -0.25) is 0 Å². The van der Waals surface area contributed by atoms with E-state index in [0.29, 0.717) is 0 Å². The number of allylic oxidation sites excluding steroid dienone is 9. The van der Waals surface area contributed by atoms with E-state index in [1.165, 1.54) is 11.1 Å². The third-order valence-corrected chi connectivity index (χ3v) is 1.91. The van der Waals surface area contributed by atoms with Gasteiger partial charge in [-0.15, -0.1) is 5.73 Å². The van der Waals surface area contributed by atoms with Crippen molar-refractivity contribution in [1.82, 2.24) is 0 Å². The lowest BCUT2D eigenvalue weighted by Gasteiger charge is -1.84. The standard InChI is InChI=1S/C9H10.C8H12/c1-8-4-3-5-9(2)7-6-8;1-7(2)5-6-8(3)4/h3-4,6-7H,1-2H3;5-6H,1,3H2,2,4H3/b;6-5-. The summed E-state index contributed by atoms with van der Waals surface area (Å²) in [6, 6.07) is 0. The molecule has 1 aliphatic carbocycles. The maximum absolute atomic E-state index is 3.70. The molecular weight excluding hydrogens is 204 g/mol. The van der Waals surface area contributed by atoms with Gasteiger partial charge in [-0.2, -0.15) is 0 Å². The maximum Gasteiger partial charge on any atom is -0.00913 e. The van der Waals surface area contributed by atoms with Crippen molar-refractivity contribution in [2.24, 2.45) is 0 Å². The fourth-order valence-corrected chi connectivity index (χ4v) is 0.949. The third kappa shape index (κ3) is 10.5. The minimum Gasteiger partial charge on any atom is -0.118 e. The Bertz CT molecular complexity index is 415. The number of hydrogen-bond donors (Lipinski definition) is 0. The Hall–Kier alpha value is -1.78. The number of rotatable bonds is 2. The van der Waals surface area contributed by atoms with Crippen LogP contribution in [0, 0.1) is 0 Å². The van der Waals surface area contributed by atoms with Crippen LogP contribution < -0.4 is 0 Å². The first kappa shape index (κ1) is 15.2. The Kier molecular flexibility index (Phi) is 7.50. The minimum atomic E-state index is 1.06. The molecule has 0 atom stereocenters. The minimum absolute atomic E-state index is 1.06. The van der Waals surface area contributed by atoms with Crippen LogP contribution in [-0.4, -0.2) is 0 Å². The van der Waals surface area contributed by atoms with Crippen molar-refractivity contribution in [2.75, 3.05) is 0 Å². The Labute approximate surface area is 106 Å². The average molecular weight is 226 g/mol. The molecule has 0 heterocycles. The predicted octanol–water partition coefficient (Wildman–Crippen LogP) is 5.30.